The molecule has 4 aromatic rings. The summed E-state index contributed by atoms with van der Waals surface area (Å²) in [4.78, 5) is 18.3. The normalized spacial score (nSPS) is 11.1. The average molecular weight is 347 g/mol. The lowest BCUT2D eigenvalue weighted by atomic mass is 10.1. The molecule has 3 aromatic heterocycles. The number of aryl methyl sites for hydroxylation is 1. The van der Waals surface area contributed by atoms with Crippen LogP contribution in [0.4, 0.5) is 5.69 Å². The highest BCUT2D eigenvalue weighted by atomic mass is 32.1. The molecule has 4 rings (SSSR count). The lowest BCUT2D eigenvalue weighted by Crippen LogP contribution is -1.89. The van der Waals surface area contributed by atoms with Gasteiger partial charge >= 0.3 is 0 Å². The molecule has 0 aliphatic carbocycles. The zero-order valence-electron chi connectivity index (χ0n) is 14.0. The topological polar surface area (TPSA) is 60.9 Å². The number of ketones is 1. The number of hydrogen-bond acceptors (Lipinski definition) is 4. The van der Waals surface area contributed by atoms with E-state index in [1.165, 1.54) is 0 Å². The van der Waals surface area contributed by atoms with Gasteiger partial charge in [0.2, 0.25) is 0 Å². The summed E-state index contributed by atoms with van der Waals surface area (Å²) in [6, 6.07) is 12.4. The van der Waals surface area contributed by atoms with Gasteiger partial charge in [-0.25, -0.2) is 0 Å². The van der Waals surface area contributed by atoms with Gasteiger partial charge in [-0.1, -0.05) is 6.07 Å². The van der Waals surface area contributed by atoms with Crippen molar-refractivity contribution in [2.24, 2.45) is 7.05 Å². The third-order valence-electron chi connectivity index (χ3n) is 4.30. The van der Waals surface area contributed by atoms with E-state index < -0.39 is 0 Å². The highest BCUT2D eigenvalue weighted by Gasteiger charge is 2.12. The molecule has 0 radical (unpaired) electrons. The first-order valence-corrected chi connectivity index (χ1v) is 8.76. The largest absolute Gasteiger partial charge is 0.397 e. The number of carbonyl (C=O) groups excluding carboxylic acids is 1. The Morgan fingerprint density at radius 2 is 1.84 bits per heavy atom. The van der Waals surface area contributed by atoms with Crippen molar-refractivity contribution in [1.82, 2.24) is 9.55 Å². The maximum atomic E-state index is 11.9. The van der Waals surface area contributed by atoms with Gasteiger partial charge in [0.15, 0.2) is 5.78 Å². The summed E-state index contributed by atoms with van der Waals surface area (Å²) in [6.45, 7) is 1.61. The molecule has 2 N–H and O–H groups in total. The lowest BCUT2D eigenvalue weighted by Gasteiger charge is -2.01. The molecule has 0 amide bonds. The maximum absolute atomic E-state index is 11.9. The summed E-state index contributed by atoms with van der Waals surface area (Å²) in [5.74, 6) is 0.0838. The number of nitrogen functional groups attached to an aromatic ring is 1. The molecule has 0 spiro atoms. The number of nitrogens with zero attached hydrogens (tertiary/aromatic N) is 2. The second-order valence-corrected chi connectivity index (χ2v) is 7.20. The van der Waals surface area contributed by atoms with Crippen molar-refractivity contribution < 1.29 is 4.79 Å². The van der Waals surface area contributed by atoms with Gasteiger partial charge in [0.05, 0.1) is 5.69 Å². The first kappa shape index (κ1) is 15.6. The highest BCUT2D eigenvalue weighted by Crippen LogP contribution is 2.36. The van der Waals surface area contributed by atoms with E-state index in [0.717, 1.165) is 37.3 Å². The molecule has 0 aliphatic rings. The van der Waals surface area contributed by atoms with Crippen LogP contribution in [0.15, 0.2) is 55.0 Å². The molecular weight excluding hydrogens is 330 g/mol. The number of hydrogen-bond donors (Lipinski definition) is 1. The monoisotopic (exact) mass is 347 g/mol. The summed E-state index contributed by atoms with van der Waals surface area (Å²) in [7, 11) is 1.96. The van der Waals surface area contributed by atoms with Crippen molar-refractivity contribution in [3.05, 3.63) is 60.6 Å². The number of nitrogens with two attached hydrogens (primary N) is 1. The predicted molar refractivity (Wildman–Crippen MR) is 104 cm³/mol. The number of rotatable bonds is 3. The first-order valence-electron chi connectivity index (χ1n) is 7.94. The molecule has 5 heteroatoms. The van der Waals surface area contributed by atoms with Gasteiger partial charge in [-0.3, -0.25) is 9.78 Å². The van der Waals surface area contributed by atoms with E-state index in [2.05, 4.69) is 35.3 Å². The minimum atomic E-state index is 0.0838. The average Bonchev–Trinajstić information content (AvgIpc) is 3.20. The molecule has 0 saturated heterocycles. The molecule has 0 unspecified atom stereocenters. The van der Waals surface area contributed by atoms with Gasteiger partial charge in [0.25, 0.3) is 0 Å². The highest BCUT2D eigenvalue weighted by molar-refractivity contribution is 7.18. The van der Waals surface area contributed by atoms with Crippen LogP contribution in [-0.2, 0) is 7.05 Å². The van der Waals surface area contributed by atoms with Gasteiger partial charge < -0.3 is 10.3 Å². The number of Topliss-reactive ketones (excluding diaryl/α,β-unsaturated/α-hetero) is 1. The van der Waals surface area contributed by atoms with Crippen LogP contribution in [0.5, 0.6) is 0 Å². The smallest absolute Gasteiger partial charge is 0.161 e. The fourth-order valence-electron chi connectivity index (χ4n) is 3.07. The molecule has 124 valence electrons. The van der Waals surface area contributed by atoms with Crippen LogP contribution in [0.3, 0.4) is 0 Å². The summed E-state index contributed by atoms with van der Waals surface area (Å²) < 4.78 is 1.99. The molecule has 0 saturated carbocycles. The van der Waals surface area contributed by atoms with Crippen molar-refractivity contribution in [2.75, 3.05) is 5.73 Å². The van der Waals surface area contributed by atoms with Crippen molar-refractivity contribution >= 4 is 33.7 Å². The molecule has 0 bridgehead atoms. The second kappa shape index (κ2) is 5.86. The third kappa shape index (κ3) is 2.72. The predicted octanol–water partition coefficient (Wildman–Crippen LogP) is 4.75. The second-order valence-electron chi connectivity index (χ2n) is 6.11. The van der Waals surface area contributed by atoms with Crippen molar-refractivity contribution in [3.8, 4) is 20.9 Å². The van der Waals surface area contributed by atoms with E-state index in [1.54, 1.807) is 24.5 Å². The Kier molecular flexibility index (Phi) is 3.66. The zero-order valence-corrected chi connectivity index (χ0v) is 14.8. The summed E-state index contributed by atoms with van der Waals surface area (Å²) in [5.41, 5.74) is 10.4. The van der Waals surface area contributed by atoms with Crippen LogP contribution >= 0.6 is 11.3 Å². The number of pyridine rings is 1. The van der Waals surface area contributed by atoms with E-state index in [0.29, 0.717) is 5.69 Å². The molecule has 3 heterocycles. The van der Waals surface area contributed by atoms with Crippen molar-refractivity contribution in [3.63, 3.8) is 0 Å². The molecule has 0 atom stereocenters. The Balaban J connectivity index is 1.80. The Labute approximate surface area is 149 Å². The lowest BCUT2D eigenvalue weighted by molar-refractivity contribution is 0.101. The van der Waals surface area contributed by atoms with Crippen molar-refractivity contribution in [1.29, 1.82) is 0 Å². The zero-order chi connectivity index (χ0) is 17.6. The van der Waals surface area contributed by atoms with Gasteiger partial charge in [-0.05, 0) is 42.8 Å². The molecule has 4 nitrogen and oxygen atoms in total. The number of anilines is 1. The maximum Gasteiger partial charge on any atom is 0.161 e. The fraction of sp³-hybridized carbons (Fsp3) is 0.100. The quantitative estimate of drug-likeness (QED) is 0.544. The van der Waals surface area contributed by atoms with E-state index >= 15 is 0 Å². The molecule has 1 aromatic carbocycles. The van der Waals surface area contributed by atoms with Crippen LogP contribution < -0.4 is 5.73 Å². The van der Waals surface area contributed by atoms with Gasteiger partial charge in [0.1, 0.15) is 0 Å². The minimum absolute atomic E-state index is 0.0838. The Bertz CT molecular complexity index is 1110. The number of fused-ring (bicyclic) bond motifs is 1. The van der Waals surface area contributed by atoms with E-state index in [-0.39, 0.29) is 5.78 Å². The molecule has 25 heavy (non-hydrogen) atoms. The number of thiophene rings is 1. The van der Waals surface area contributed by atoms with Gasteiger partial charge in [0, 0.05) is 57.4 Å². The molecular formula is C20H17N3OS. The first-order chi connectivity index (χ1) is 12.0. The summed E-state index contributed by atoms with van der Waals surface area (Å²) >= 11 is 1.69. The van der Waals surface area contributed by atoms with Crippen LogP contribution in [0.2, 0.25) is 0 Å². The van der Waals surface area contributed by atoms with E-state index in [9.17, 15) is 4.79 Å². The Morgan fingerprint density at radius 1 is 1.08 bits per heavy atom. The number of carbonyl (C=O) groups is 1. The number of aromatic nitrogens is 2. The van der Waals surface area contributed by atoms with Gasteiger partial charge in [-0.15, -0.1) is 11.3 Å². The third-order valence-corrected chi connectivity index (χ3v) is 5.49. The standard InChI is InChI=1S/C20H17N3OS/c1-12(24)17-11-23(2)18-4-3-13(8-16(17)18)19-5-6-20(25-19)14-7-15(21)10-22-9-14/h3-11H,21H2,1-2H3. The van der Waals surface area contributed by atoms with E-state index in [4.69, 9.17) is 5.73 Å². The van der Waals surface area contributed by atoms with Crippen LogP contribution in [0.1, 0.15) is 17.3 Å². The van der Waals surface area contributed by atoms with Crippen LogP contribution in [-0.4, -0.2) is 15.3 Å². The van der Waals surface area contributed by atoms with Crippen LogP contribution in [0.25, 0.3) is 31.8 Å². The number of benzene rings is 1. The SMILES string of the molecule is CC(=O)c1cn(C)c2ccc(-c3ccc(-c4cncc(N)c4)s3)cc12. The van der Waals surface area contributed by atoms with E-state index in [1.807, 2.05) is 30.1 Å². The Morgan fingerprint density at radius 3 is 2.56 bits per heavy atom. The minimum Gasteiger partial charge on any atom is -0.397 e. The summed E-state index contributed by atoms with van der Waals surface area (Å²) in [6.07, 6.45) is 5.36. The Hall–Kier alpha value is -2.92. The fourth-order valence-corrected chi connectivity index (χ4v) is 4.05. The van der Waals surface area contributed by atoms with Crippen LogP contribution in [0, 0.1) is 0 Å². The van der Waals surface area contributed by atoms with Crippen molar-refractivity contribution in [2.45, 2.75) is 6.92 Å². The molecule has 0 fully saturated rings. The summed E-state index contributed by atoms with van der Waals surface area (Å²) in [5, 5.41) is 0.994. The van der Waals surface area contributed by atoms with Gasteiger partial charge in [-0.2, -0.15) is 0 Å². The molecule has 0 aliphatic heterocycles.